The average Bonchev–Trinajstić information content (AvgIpc) is 3.06. The van der Waals surface area contributed by atoms with E-state index >= 15 is 0 Å². The predicted molar refractivity (Wildman–Crippen MR) is 86.5 cm³/mol. The van der Waals surface area contributed by atoms with Crippen LogP contribution in [0, 0.1) is 6.92 Å². The first-order valence-corrected chi connectivity index (χ1v) is 7.37. The monoisotopic (exact) mass is 310 g/mol. The molecule has 0 aliphatic heterocycles. The van der Waals surface area contributed by atoms with Crippen LogP contribution in [-0.2, 0) is 0 Å². The molecule has 3 rings (SSSR count). The number of aryl methyl sites for hydroxylation is 1. The highest BCUT2D eigenvalue weighted by Gasteiger charge is 2.16. The quantitative estimate of drug-likeness (QED) is 0.707. The second kappa shape index (κ2) is 6.52. The van der Waals surface area contributed by atoms with Crippen molar-refractivity contribution in [2.45, 2.75) is 20.0 Å². The Morgan fingerprint density at radius 2 is 1.57 bits per heavy atom. The Morgan fingerprint density at radius 3 is 2.22 bits per heavy atom. The molecule has 0 aliphatic carbocycles. The molecule has 0 aliphatic rings. The van der Waals surface area contributed by atoms with E-state index in [1.807, 2.05) is 62.4 Å². The number of benzene rings is 2. The minimum atomic E-state index is -0.338. The van der Waals surface area contributed by atoms with E-state index in [1.54, 1.807) is 7.11 Å². The molecule has 1 aromatic heterocycles. The average molecular weight is 310 g/mol. The smallest absolute Gasteiger partial charge is 0.257 e. The molecule has 0 spiro atoms. The van der Waals surface area contributed by atoms with Gasteiger partial charge < -0.3 is 13.9 Å². The van der Waals surface area contributed by atoms with Gasteiger partial charge in [0.25, 0.3) is 5.89 Å². The fourth-order valence-corrected chi connectivity index (χ4v) is 2.12. The number of ether oxygens (including phenoxy) is 2. The standard InChI is InChI=1S/C18H18N2O3/c1-12-4-6-14(7-5-12)18-20-19-17(23-18)13(2)22-16-10-8-15(21-3)9-11-16/h4-11,13H,1-3H3. The van der Waals surface area contributed by atoms with Gasteiger partial charge in [-0.1, -0.05) is 17.7 Å². The summed E-state index contributed by atoms with van der Waals surface area (Å²) in [6.45, 7) is 3.91. The molecule has 0 N–H and O–H groups in total. The number of methoxy groups -OCH3 is 1. The molecule has 1 atom stereocenters. The normalized spacial score (nSPS) is 12.0. The highest BCUT2D eigenvalue weighted by atomic mass is 16.5. The second-order valence-corrected chi connectivity index (χ2v) is 5.25. The van der Waals surface area contributed by atoms with Crippen LogP contribution in [0.1, 0.15) is 24.5 Å². The van der Waals surface area contributed by atoms with E-state index in [0.717, 1.165) is 11.3 Å². The molecular weight excluding hydrogens is 292 g/mol. The van der Waals surface area contributed by atoms with Crippen molar-refractivity contribution in [2.24, 2.45) is 0 Å². The van der Waals surface area contributed by atoms with Crippen molar-refractivity contribution in [2.75, 3.05) is 7.11 Å². The zero-order valence-electron chi connectivity index (χ0n) is 13.3. The summed E-state index contributed by atoms with van der Waals surface area (Å²) in [5.41, 5.74) is 2.08. The Morgan fingerprint density at radius 1 is 0.913 bits per heavy atom. The number of aromatic nitrogens is 2. The maximum atomic E-state index is 5.82. The topological polar surface area (TPSA) is 57.4 Å². The first kappa shape index (κ1) is 15.1. The maximum absolute atomic E-state index is 5.82. The largest absolute Gasteiger partial charge is 0.497 e. The van der Waals surface area contributed by atoms with Gasteiger partial charge in [-0.3, -0.25) is 0 Å². The van der Waals surface area contributed by atoms with Crippen molar-refractivity contribution in [3.63, 3.8) is 0 Å². The van der Waals surface area contributed by atoms with Gasteiger partial charge in [0.05, 0.1) is 7.11 Å². The molecule has 2 aromatic carbocycles. The van der Waals surface area contributed by atoms with Gasteiger partial charge in [0.15, 0.2) is 6.10 Å². The van der Waals surface area contributed by atoms with Crippen LogP contribution in [0.2, 0.25) is 0 Å². The lowest BCUT2D eigenvalue weighted by molar-refractivity contribution is 0.189. The van der Waals surface area contributed by atoms with Crippen LogP contribution >= 0.6 is 0 Å². The molecule has 0 fully saturated rings. The minimum Gasteiger partial charge on any atom is -0.497 e. The van der Waals surface area contributed by atoms with Gasteiger partial charge in [-0.25, -0.2) is 0 Å². The molecule has 23 heavy (non-hydrogen) atoms. The van der Waals surface area contributed by atoms with Crippen molar-refractivity contribution in [1.82, 2.24) is 10.2 Å². The van der Waals surface area contributed by atoms with Crippen LogP contribution in [-0.4, -0.2) is 17.3 Å². The number of hydrogen-bond donors (Lipinski definition) is 0. The molecule has 5 nitrogen and oxygen atoms in total. The third-order valence-electron chi connectivity index (χ3n) is 3.46. The number of nitrogens with zero attached hydrogens (tertiary/aromatic N) is 2. The lowest BCUT2D eigenvalue weighted by Gasteiger charge is -2.11. The predicted octanol–water partition coefficient (Wildman–Crippen LogP) is 4.19. The molecule has 0 saturated heterocycles. The molecule has 0 bridgehead atoms. The molecule has 0 amide bonds. The van der Waals surface area contributed by atoms with Crippen molar-refractivity contribution in [3.8, 4) is 23.0 Å². The van der Waals surface area contributed by atoms with Crippen LogP contribution in [0.3, 0.4) is 0 Å². The molecule has 1 unspecified atom stereocenters. The van der Waals surface area contributed by atoms with Crippen molar-refractivity contribution >= 4 is 0 Å². The fraction of sp³-hybridized carbons (Fsp3) is 0.222. The summed E-state index contributed by atoms with van der Waals surface area (Å²) < 4.78 is 16.7. The Bertz CT molecular complexity index is 764. The molecule has 1 heterocycles. The van der Waals surface area contributed by atoms with Gasteiger partial charge in [-0.05, 0) is 50.2 Å². The zero-order valence-corrected chi connectivity index (χ0v) is 13.3. The van der Waals surface area contributed by atoms with Gasteiger partial charge in [0.1, 0.15) is 11.5 Å². The van der Waals surface area contributed by atoms with Gasteiger partial charge in [0, 0.05) is 5.56 Å². The lowest BCUT2D eigenvalue weighted by Crippen LogP contribution is -2.03. The van der Waals surface area contributed by atoms with E-state index in [-0.39, 0.29) is 6.10 Å². The SMILES string of the molecule is COc1ccc(OC(C)c2nnc(-c3ccc(C)cc3)o2)cc1. The Kier molecular flexibility index (Phi) is 4.28. The van der Waals surface area contributed by atoms with E-state index in [9.17, 15) is 0 Å². The summed E-state index contributed by atoms with van der Waals surface area (Å²) in [5, 5.41) is 8.17. The Labute approximate surface area is 134 Å². The van der Waals surface area contributed by atoms with Crippen molar-refractivity contribution < 1.29 is 13.9 Å². The van der Waals surface area contributed by atoms with E-state index in [0.29, 0.717) is 17.5 Å². The van der Waals surface area contributed by atoms with E-state index in [1.165, 1.54) is 5.56 Å². The molecule has 3 aromatic rings. The zero-order chi connectivity index (χ0) is 16.2. The first-order chi connectivity index (χ1) is 11.2. The number of rotatable bonds is 5. The molecular formula is C18H18N2O3. The molecule has 0 saturated carbocycles. The van der Waals surface area contributed by atoms with Crippen LogP contribution < -0.4 is 9.47 Å². The summed E-state index contributed by atoms with van der Waals surface area (Å²) in [6.07, 6.45) is -0.338. The summed E-state index contributed by atoms with van der Waals surface area (Å²) in [7, 11) is 1.63. The van der Waals surface area contributed by atoms with Gasteiger partial charge in [0.2, 0.25) is 5.89 Å². The summed E-state index contributed by atoms with van der Waals surface area (Å²) in [6, 6.07) is 15.3. The molecule has 118 valence electrons. The highest BCUT2D eigenvalue weighted by molar-refractivity contribution is 5.52. The van der Waals surface area contributed by atoms with E-state index in [4.69, 9.17) is 13.9 Å². The van der Waals surface area contributed by atoms with E-state index < -0.39 is 0 Å². The third kappa shape index (κ3) is 3.51. The number of hydrogen-bond acceptors (Lipinski definition) is 5. The summed E-state index contributed by atoms with van der Waals surface area (Å²) in [4.78, 5) is 0. The second-order valence-electron chi connectivity index (χ2n) is 5.25. The fourth-order valence-electron chi connectivity index (χ4n) is 2.12. The van der Waals surface area contributed by atoms with Crippen LogP contribution in [0.4, 0.5) is 0 Å². The maximum Gasteiger partial charge on any atom is 0.257 e. The van der Waals surface area contributed by atoms with Crippen LogP contribution in [0.5, 0.6) is 11.5 Å². The third-order valence-corrected chi connectivity index (χ3v) is 3.46. The molecule has 0 radical (unpaired) electrons. The van der Waals surface area contributed by atoms with Gasteiger partial charge in [-0.2, -0.15) is 0 Å². The summed E-state index contributed by atoms with van der Waals surface area (Å²) in [5.74, 6) is 2.43. The highest BCUT2D eigenvalue weighted by Crippen LogP contribution is 2.25. The first-order valence-electron chi connectivity index (χ1n) is 7.37. The van der Waals surface area contributed by atoms with Crippen LogP contribution in [0.25, 0.3) is 11.5 Å². The van der Waals surface area contributed by atoms with Crippen molar-refractivity contribution in [1.29, 1.82) is 0 Å². The lowest BCUT2D eigenvalue weighted by atomic mass is 10.1. The minimum absolute atomic E-state index is 0.338. The molecule has 5 heteroatoms. The van der Waals surface area contributed by atoms with E-state index in [2.05, 4.69) is 10.2 Å². The Balaban J connectivity index is 1.72. The van der Waals surface area contributed by atoms with Crippen molar-refractivity contribution in [3.05, 3.63) is 60.0 Å². The Hall–Kier alpha value is -2.82. The summed E-state index contributed by atoms with van der Waals surface area (Å²) >= 11 is 0. The van der Waals surface area contributed by atoms with Crippen LogP contribution in [0.15, 0.2) is 52.9 Å². The van der Waals surface area contributed by atoms with Gasteiger partial charge >= 0.3 is 0 Å². The van der Waals surface area contributed by atoms with Gasteiger partial charge in [-0.15, -0.1) is 10.2 Å².